The van der Waals surface area contributed by atoms with E-state index in [2.05, 4.69) is 57.8 Å². The number of nitrogens with one attached hydrogen (secondary N) is 2. The molecule has 0 spiro atoms. The molecule has 1 saturated heterocycles. The largest absolute Gasteiger partial charge is 0.356 e. The molecule has 2 heterocycles. The number of guanidine groups is 1. The molecule has 1 aliphatic heterocycles. The molecule has 28 heavy (non-hydrogen) atoms. The Morgan fingerprint density at radius 2 is 1.86 bits per heavy atom. The Labute approximate surface area is 169 Å². The first kappa shape index (κ1) is 20.4. The van der Waals surface area contributed by atoms with Crippen LogP contribution in [-0.4, -0.2) is 59.4 Å². The van der Waals surface area contributed by atoms with E-state index in [0.29, 0.717) is 0 Å². The maximum Gasteiger partial charge on any atom is 0.191 e. The van der Waals surface area contributed by atoms with Crippen LogP contribution in [0.2, 0.25) is 0 Å². The lowest BCUT2D eigenvalue weighted by atomic mass is 9.98. The lowest BCUT2D eigenvalue weighted by Crippen LogP contribution is -2.55. The minimum absolute atomic E-state index is 0.134. The number of aromatic nitrogens is 2. The van der Waals surface area contributed by atoms with Crippen LogP contribution in [0.5, 0.6) is 0 Å². The molecule has 0 bridgehead atoms. The topological polar surface area (TPSA) is 57.5 Å². The molecule has 3 rings (SSSR count). The SMILES string of the molecule is CN=C(NCCc1cnn(-c2ccccc2)c1)NCC(C)(C)N1CCCCC1. The van der Waals surface area contributed by atoms with Gasteiger partial charge in [0, 0.05) is 31.9 Å². The summed E-state index contributed by atoms with van der Waals surface area (Å²) in [5.41, 5.74) is 2.43. The monoisotopic (exact) mass is 382 g/mol. The lowest BCUT2D eigenvalue weighted by molar-refractivity contribution is 0.0982. The molecule has 0 amide bonds. The third-order valence-electron chi connectivity index (χ3n) is 5.49. The third kappa shape index (κ3) is 5.58. The van der Waals surface area contributed by atoms with Gasteiger partial charge in [-0.3, -0.25) is 9.89 Å². The summed E-state index contributed by atoms with van der Waals surface area (Å²) >= 11 is 0. The highest BCUT2D eigenvalue weighted by atomic mass is 15.3. The van der Waals surface area contributed by atoms with Gasteiger partial charge in [0.25, 0.3) is 0 Å². The number of rotatable bonds is 7. The van der Waals surface area contributed by atoms with Crippen molar-refractivity contribution in [2.75, 3.05) is 33.2 Å². The molecule has 0 radical (unpaired) electrons. The van der Waals surface area contributed by atoms with Gasteiger partial charge in [0.2, 0.25) is 0 Å². The molecule has 6 heteroatoms. The molecule has 1 aliphatic rings. The Balaban J connectivity index is 1.44. The van der Waals surface area contributed by atoms with Crippen molar-refractivity contribution in [1.29, 1.82) is 0 Å². The van der Waals surface area contributed by atoms with Crippen molar-refractivity contribution in [3.8, 4) is 5.69 Å². The number of benzene rings is 1. The van der Waals surface area contributed by atoms with Crippen molar-refractivity contribution in [2.45, 2.75) is 45.1 Å². The van der Waals surface area contributed by atoms with Crippen LogP contribution in [0.3, 0.4) is 0 Å². The van der Waals surface area contributed by atoms with Crippen molar-refractivity contribution < 1.29 is 0 Å². The van der Waals surface area contributed by atoms with Crippen LogP contribution in [0, 0.1) is 0 Å². The second-order valence-electron chi connectivity index (χ2n) is 8.09. The number of piperidine rings is 1. The Morgan fingerprint density at radius 1 is 1.11 bits per heavy atom. The number of aliphatic imine (C=N–C) groups is 1. The van der Waals surface area contributed by atoms with E-state index < -0.39 is 0 Å². The van der Waals surface area contributed by atoms with Crippen LogP contribution in [0.4, 0.5) is 0 Å². The highest BCUT2D eigenvalue weighted by Gasteiger charge is 2.27. The summed E-state index contributed by atoms with van der Waals surface area (Å²) in [7, 11) is 1.83. The van der Waals surface area contributed by atoms with Gasteiger partial charge in [-0.1, -0.05) is 24.6 Å². The number of para-hydroxylation sites is 1. The summed E-state index contributed by atoms with van der Waals surface area (Å²) in [6.07, 6.45) is 8.92. The highest BCUT2D eigenvalue weighted by Crippen LogP contribution is 2.19. The quantitative estimate of drug-likeness (QED) is 0.571. The third-order valence-corrected chi connectivity index (χ3v) is 5.49. The molecule has 2 aromatic rings. The number of nitrogens with zero attached hydrogens (tertiary/aromatic N) is 4. The van der Waals surface area contributed by atoms with Gasteiger partial charge in [-0.05, 0) is 63.9 Å². The van der Waals surface area contributed by atoms with Gasteiger partial charge in [-0.2, -0.15) is 5.10 Å². The predicted molar refractivity (Wildman–Crippen MR) is 116 cm³/mol. The molecule has 0 aliphatic carbocycles. The van der Waals surface area contributed by atoms with E-state index in [1.807, 2.05) is 36.1 Å². The fourth-order valence-corrected chi connectivity index (χ4v) is 3.67. The standard InChI is InChI=1S/C22H34N6/c1-22(2,27-14-8-5-9-15-27)18-25-21(23-3)24-13-12-19-16-26-28(17-19)20-10-6-4-7-11-20/h4,6-7,10-11,16-17H,5,8-9,12-15,18H2,1-3H3,(H2,23,24,25). The maximum absolute atomic E-state index is 4.46. The minimum Gasteiger partial charge on any atom is -0.356 e. The molecule has 0 atom stereocenters. The van der Waals surface area contributed by atoms with Gasteiger partial charge >= 0.3 is 0 Å². The minimum atomic E-state index is 0.134. The first-order valence-electron chi connectivity index (χ1n) is 10.4. The predicted octanol–water partition coefficient (Wildman–Crippen LogP) is 2.84. The molecule has 0 saturated carbocycles. The molecule has 1 aromatic carbocycles. The van der Waals surface area contributed by atoms with E-state index in [-0.39, 0.29) is 5.54 Å². The molecule has 1 aromatic heterocycles. The Kier molecular flexibility index (Phi) is 7.09. The van der Waals surface area contributed by atoms with Crippen LogP contribution >= 0.6 is 0 Å². The lowest BCUT2D eigenvalue weighted by Gasteiger charge is -2.41. The van der Waals surface area contributed by atoms with Crippen molar-refractivity contribution in [2.24, 2.45) is 4.99 Å². The second kappa shape index (κ2) is 9.73. The summed E-state index contributed by atoms with van der Waals surface area (Å²) in [5, 5.41) is 11.4. The number of likely N-dealkylation sites (tertiary alicyclic amines) is 1. The van der Waals surface area contributed by atoms with Gasteiger partial charge in [-0.15, -0.1) is 0 Å². The maximum atomic E-state index is 4.46. The van der Waals surface area contributed by atoms with Crippen LogP contribution in [0.1, 0.15) is 38.7 Å². The fourth-order valence-electron chi connectivity index (χ4n) is 3.67. The Hall–Kier alpha value is -2.34. The van der Waals surface area contributed by atoms with Crippen LogP contribution in [0.25, 0.3) is 5.69 Å². The van der Waals surface area contributed by atoms with Crippen LogP contribution in [-0.2, 0) is 6.42 Å². The smallest absolute Gasteiger partial charge is 0.191 e. The summed E-state index contributed by atoms with van der Waals surface area (Å²) in [6.45, 7) is 8.74. The zero-order valence-corrected chi connectivity index (χ0v) is 17.5. The normalized spacial score (nSPS) is 16.2. The van der Waals surface area contributed by atoms with E-state index in [1.165, 1.54) is 37.9 Å². The molecular weight excluding hydrogens is 348 g/mol. The van der Waals surface area contributed by atoms with Gasteiger partial charge in [0.05, 0.1) is 11.9 Å². The summed E-state index contributed by atoms with van der Waals surface area (Å²) in [5.74, 6) is 0.862. The van der Waals surface area contributed by atoms with E-state index >= 15 is 0 Å². The molecule has 6 nitrogen and oxygen atoms in total. The van der Waals surface area contributed by atoms with Gasteiger partial charge in [0.1, 0.15) is 0 Å². The van der Waals surface area contributed by atoms with Crippen molar-refractivity contribution in [3.63, 3.8) is 0 Å². The van der Waals surface area contributed by atoms with Crippen LogP contribution < -0.4 is 10.6 Å². The van der Waals surface area contributed by atoms with Gasteiger partial charge in [0.15, 0.2) is 5.96 Å². The Morgan fingerprint density at radius 3 is 2.57 bits per heavy atom. The van der Waals surface area contributed by atoms with E-state index in [4.69, 9.17) is 0 Å². The first-order chi connectivity index (χ1) is 13.6. The van der Waals surface area contributed by atoms with Crippen molar-refractivity contribution in [3.05, 3.63) is 48.3 Å². The van der Waals surface area contributed by atoms with E-state index in [9.17, 15) is 0 Å². The molecular formula is C22H34N6. The number of hydrogen-bond acceptors (Lipinski definition) is 3. The summed E-state index contributed by atoms with van der Waals surface area (Å²) in [4.78, 5) is 6.97. The average Bonchev–Trinajstić information content (AvgIpc) is 3.21. The summed E-state index contributed by atoms with van der Waals surface area (Å²) < 4.78 is 1.92. The van der Waals surface area contributed by atoms with Crippen molar-refractivity contribution >= 4 is 5.96 Å². The number of hydrogen-bond donors (Lipinski definition) is 2. The zero-order chi connectivity index (χ0) is 19.8. The van der Waals surface area contributed by atoms with E-state index in [0.717, 1.165) is 31.2 Å². The van der Waals surface area contributed by atoms with Gasteiger partial charge in [-0.25, -0.2) is 4.68 Å². The highest BCUT2D eigenvalue weighted by molar-refractivity contribution is 5.79. The molecule has 152 valence electrons. The molecule has 0 unspecified atom stereocenters. The molecule has 1 fully saturated rings. The zero-order valence-electron chi connectivity index (χ0n) is 17.5. The van der Waals surface area contributed by atoms with Crippen LogP contribution in [0.15, 0.2) is 47.7 Å². The van der Waals surface area contributed by atoms with Crippen molar-refractivity contribution in [1.82, 2.24) is 25.3 Å². The van der Waals surface area contributed by atoms with Gasteiger partial charge < -0.3 is 10.6 Å². The average molecular weight is 383 g/mol. The Bertz CT molecular complexity index is 743. The second-order valence-corrected chi connectivity index (χ2v) is 8.09. The van der Waals surface area contributed by atoms with E-state index in [1.54, 1.807) is 0 Å². The molecule has 2 N–H and O–H groups in total. The first-order valence-corrected chi connectivity index (χ1v) is 10.4. The summed E-state index contributed by atoms with van der Waals surface area (Å²) in [6, 6.07) is 10.2. The fraction of sp³-hybridized carbons (Fsp3) is 0.545.